The maximum absolute atomic E-state index is 10.7. The molecule has 0 radical (unpaired) electrons. The molecule has 0 rings (SSSR count). The van der Waals surface area contributed by atoms with Crippen molar-refractivity contribution in [2.45, 2.75) is 47.0 Å². The predicted molar refractivity (Wildman–Crippen MR) is 63.8 cm³/mol. The maximum Gasteiger partial charge on any atom is 0.346 e. The molecule has 0 aliphatic rings. The number of aliphatic carboxylic acids is 1. The molecule has 0 bridgehead atoms. The molecule has 0 aliphatic carbocycles. The van der Waals surface area contributed by atoms with Crippen LogP contribution in [0, 0.1) is 22.7 Å². The fourth-order valence-electron chi connectivity index (χ4n) is 1.57. The molecule has 0 atom stereocenters. The van der Waals surface area contributed by atoms with Crippen molar-refractivity contribution in [2.24, 2.45) is 11.3 Å². The third kappa shape index (κ3) is 6.23. The van der Waals surface area contributed by atoms with Crippen LogP contribution >= 0.6 is 0 Å². The first-order valence-electron chi connectivity index (χ1n) is 5.65. The molecule has 3 heteroatoms. The van der Waals surface area contributed by atoms with Crippen LogP contribution < -0.4 is 0 Å². The van der Waals surface area contributed by atoms with Crippen molar-refractivity contribution in [3.05, 3.63) is 11.6 Å². The van der Waals surface area contributed by atoms with E-state index in [2.05, 4.69) is 13.8 Å². The minimum Gasteiger partial charge on any atom is -0.477 e. The molecule has 0 unspecified atom stereocenters. The standard InChI is InChI=1S/C13H21NO2/c1-10(2)6-5-7-13(3,4)8-11(9-14)12(15)16/h8,10H,5-7H2,1-4H3,(H,15,16)/b11-8+. The van der Waals surface area contributed by atoms with E-state index in [0.29, 0.717) is 5.92 Å². The van der Waals surface area contributed by atoms with E-state index >= 15 is 0 Å². The van der Waals surface area contributed by atoms with E-state index in [1.807, 2.05) is 13.8 Å². The number of carbonyl (C=O) groups is 1. The van der Waals surface area contributed by atoms with Gasteiger partial charge in [-0.15, -0.1) is 0 Å². The highest BCUT2D eigenvalue weighted by Crippen LogP contribution is 2.27. The minimum atomic E-state index is -1.14. The number of carboxylic acids is 1. The lowest BCUT2D eigenvalue weighted by Gasteiger charge is -2.20. The smallest absolute Gasteiger partial charge is 0.346 e. The average molecular weight is 223 g/mol. The van der Waals surface area contributed by atoms with Crippen LogP contribution in [0.1, 0.15) is 47.0 Å². The van der Waals surface area contributed by atoms with Crippen molar-refractivity contribution < 1.29 is 9.90 Å². The topological polar surface area (TPSA) is 61.1 Å². The molecule has 0 aromatic carbocycles. The zero-order valence-electron chi connectivity index (χ0n) is 10.6. The van der Waals surface area contributed by atoms with E-state index in [-0.39, 0.29) is 11.0 Å². The van der Waals surface area contributed by atoms with Crippen molar-refractivity contribution >= 4 is 5.97 Å². The van der Waals surface area contributed by atoms with E-state index in [1.165, 1.54) is 0 Å². The normalized spacial score (nSPS) is 12.6. The van der Waals surface area contributed by atoms with Crippen LogP contribution in [-0.4, -0.2) is 11.1 Å². The molecular formula is C13H21NO2. The third-order valence-electron chi connectivity index (χ3n) is 2.49. The summed E-state index contributed by atoms with van der Waals surface area (Å²) in [4.78, 5) is 10.7. The van der Waals surface area contributed by atoms with E-state index in [0.717, 1.165) is 19.3 Å². The maximum atomic E-state index is 10.7. The summed E-state index contributed by atoms with van der Waals surface area (Å²) in [5.74, 6) is -0.478. The van der Waals surface area contributed by atoms with Gasteiger partial charge in [-0.25, -0.2) is 4.79 Å². The second-order valence-electron chi connectivity index (χ2n) is 5.25. The summed E-state index contributed by atoms with van der Waals surface area (Å²) in [6.07, 6.45) is 4.66. The van der Waals surface area contributed by atoms with E-state index in [4.69, 9.17) is 10.4 Å². The molecule has 16 heavy (non-hydrogen) atoms. The molecule has 0 amide bonds. The Hall–Kier alpha value is -1.30. The van der Waals surface area contributed by atoms with Crippen molar-refractivity contribution in [1.29, 1.82) is 5.26 Å². The lowest BCUT2D eigenvalue weighted by Crippen LogP contribution is -2.11. The van der Waals surface area contributed by atoms with Crippen LogP contribution in [0.15, 0.2) is 11.6 Å². The molecular weight excluding hydrogens is 202 g/mol. The Labute approximate surface area is 97.8 Å². The van der Waals surface area contributed by atoms with Gasteiger partial charge in [0, 0.05) is 0 Å². The van der Waals surface area contributed by atoms with Crippen molar-refractivity contribution in [3.8, 4) is 6.07 Å². The second kappa shape index (κ2) is 6.32. The van der Waals surface area contributed by atoms with Crippen LogP contribution in [0.2, 0.25) is 0 Å². The summed E-state index contributed by atoms with van der Waals surface area (Å²) < 4.78 is 0. The van der Waals surface area contributed by atoms with Gasteiger partial charge in [-0.1, -0.05) is 46.6 Å². The number of hydrogen-bond acceptors (Lipinski definition) is 2. The van der Waals surface area contributed by atoms with Gasteiger partial charge in [0.15, 0.2) is 0 Å². The fourth-order valence-corrected chi connectivity index (χ4v) is 1.57. The van der Waals surface area contributed by atoms with Gasteiger partial charge in [0.1, 0.15) is 11.6 Å². The monoisotopic (exact) mass is 223 g/mol. The highest BCUT2D eigenvalue weighted by molar-refractivity contribution is 5.91. The first kappa shape index (κ1) is 14.7. The highest BCUT2D eigenvalue weighted by atomic mass is 16.4. The summed E-state index contributed by atoms with van der Waals surface area (Å²) in [6, 6.07) is 1.72. The largest absolute Gasteiger partial charge is 0.477 e. The zero-order chi connectivity index (χ0) is 12.8. The Morgan fingerprint density at radius 1 is 1.50 bits per heavy atom. The van der Waals surface area contributed by atoms with Gasteiger partial charge in [-0.2, -0.15) is 5.26 Å². The van der Waals surface area contributed by atoms with Gasteiger partial charge in [0.05, 0.1) is 0 Å². The number of rotatable bonds is 6. The van der Waals surface area contributed by atoms with Crippen molar-refractivity contribution in [3.63, 3.8) is 0 Å². The van der Waals surface area contributed by atoms with E-state index in [1.54, 1.807) is 12.1 Å². The molecule has 0 saturated carbocycles. The molecule has 90 valence electrons. The summed E-state index contributed by atoms with van der Waals surface area (Å²) >= 11 is 0. The Kier molecular flexibility index (Phi) is 5.81. The summed E-state index contributed by atoms with van der Waals surface area (Å²) in [5, 5.41) is 17.4. The summed E-state index contributed by atoms with van der Waals surface area (Å²) in [6.45, 7) is 8.27. The van der Waals surface area contributed by atoms with E-state index in [9.17, 15) is 4.79 Å². The van der Waals surface area contributed by atoms with Crippen molar-refractivity contribution in [2.75, 3.05) is 0 Å². The number of nitrogens with zero attached hydrogens (tertiary/aromatic N) is 1. The van der Waals surface area contributed by atoms with Crippen LogP contribution in [0.4, 0.5) is 0 Å². The predicted octanol–water partition coefficient (Wildman–Crippen LogP) is 3.37. The fraction of sp³-hybridized carbons (Fsp3) is 0.692. The average Bonchev–Trinajstić information content (AvgIpc) is 2.12. The molecule has 0 heterocycles. The van der Waals surface area contributed by atoms with Crippen LogP contribution in [-0.2, 0) is 4.79 Å². The molecule has 0 fully saturated rings. The van der Waals surface area contributed by atoms with Gasteiger partial charge >= 0.3 is 5.97 Å². The van der Waals surface area contributed by atoms with Crippen LogP contribution in [0.5, 0.6) is 0 Å². The molecule has 0 aliphatic heterocycles. The quantitative estimate of drug-likeness (QED) is 0.554. The number of allylic oxidation sites excluding steroid dienone is 1. The van der Waals surface area contributed by atoms with Crippen LogP contribution in [0.25, 0.3) is 0 Å². The third-order valence-corrected chi connectivity index (χ3v) is 2.49. The Balaban J connectivity index is 4.44. The molecule has 0 saturated heterocycles. The molecule has 0 aromatic heterocycles. The molecule has 3 nitrogen and oxygen atoms in total. The van der Waals surface area contributed by atoms with Gasteiger partial charge in [0.2, 0.25) is 0 Å². The van der Waals surface area contributed by atoms with Gasteiger partial charge < -0.3 is 5.11 Å². The minimum absolute atomic E-state index is 0.158. The molecule has 0 aromatic rings. The first-order valence-corrected chi connectivity index (χ1v) is 5.65. The summed E-state index contributed by atoms with van der Waals surface area (Å²) in [5.41, 5.74) is -0.382. The van der Waals surface area contributed by atoms with Crippen LogP contribution in [0.3, 0.4) is 0 Å². The highest BCUT2D eigenvalue weighted by Gasteiger charge is 2.18. The summed E-state index contributed by atoms with van der Waals surface area (Å²) in [7, 11) is 0. The Bertz CT molecular complexity index is 308. The van der Waals surface area contributed by atoms with E-state index < -0.39 is 5.97 Å². The lowest BCUT2D eigenvalue weighted by atomic mass is 9.84. The number of hydrogen-bond donors (Lipinski definition) is 1. The van der Waals surface area contributed by atoms with Gasteiger partial charge in [-0.05, 0) is 17.8 Å². The molecule has 0 spiro atoms. The SMILES string of the molecule is CC(C)CCCC(C)(C)/C=C(\C#N)C(=O)O. The number of nitriles is 1. The molecule has 1 N–H and O–H groups in total. The number of carboxylic acid groups (broad SMARTS) is 1. The Morgan fingerprint density at radius 3 is 2.44 bits per heavy atom. The van der Waals surface area contributed by atoms with Gasteiger partial charge in [-0.3, -0.25) is 0 Å². The lowest BCUT2D eigenvalue weighted by molar-refractivity contribution is -0.132. The van der Waals surface area contributed by atoms with Gasteiger partial charge in [0.25, 0.3) is 0 Å². The zero-order valence-corrected chi connectivity index (χ0v) is 10.6. The van der Waals surface area contributed by atoms with Crippen molar-refractivity contribution in [1.82, 2.24) is 0 Å². The first-order chi connectivity index (χ1) is 7.28. The second-order valence-corrected chi connectivity index (χ2v) is 5.25. The Morgan fingerprint density at radius 2 is 2.06 bits per heavy atom.